The molecule has 0 spiro atoms. The van der Waals surface area contributed by atoms with Crippen LogP contribution in [0.1, 0.15) is 15.9 Å². The lowest BCUT2D eigenvalue weighted by atomic mass is 10.0. The number of nitrogens with one attached hydrogen (secondary N) is 1. The molecule has 1 amide bonds. The number of hydrazone groups is 1. The van der Waals surface area contributed by atoms with E-state index in [-0.39, 0.29) is 5.91 Å². The van der Waals surface area contributed by atoms with Crippen molar-refractivity contribution in [1.82, 2.24) is 15.4 Å². The van der Waals surface area contributed by atoms with Crippen LogP contribution in [0.3, 0.4) is 0 Å². The summed E-state index contributed by atoms with van der Waals surface area (Å²) in [5.41, 5.74) is 6.46. The van der Waals surface area contributed by atoms with E-state index >= 15 is 0 Å². The molecule has 2 aromatic carbocycles. The molecule has 2 aromatic heterocycles. The average molecular weight is 352 g/mol. The summed E-state index contributed by atoms with van der Waals surface area (Å²) >= 11 is 0. The third-order valence-electron chi connectivity index (χ3n) is 4.12. The Kier molecular flexibility index (Phi) is 4.66. The zero-order chi connectivity index (χ0) is 18.5. The highest BCUT2D eigenvalue weighted by molar-refractivity contribution is 6.07. The smallest absolute Gasteiger partial charge is 0.267 e. The van der Waals surface area contributed by atoms with E-state index in [9.17, 15) is 4.79 Å². The van der Waals surface area contributed by atoms with Crippen LogP contribution in [0.2, 0.25) is 0 Å². The molecule has 27 heavy (non-hydrogen) atoms. The second kappa shape index (κ2) is 7.58. The molecular weight excluding hydrogens is 336 g/mol. The van der Waals surface area contributed by atoms with E-state index in [1.54, 1.807) is 24.7 Å². The van der Waals surface area contributed by atoms with Crippen LogP contribution in [0.4, 0.5) is 0 Å². The van der Waals surface area contributed by atoms with Gasteiger partial charge in [-0.15, -0.1) is 0 Å². The first kappa shape index (κ1) is 16.6. The summed E-state index contributed by atoms with van der Waals surface area (Å²) in [5, 5.41) is 4.84. The Bertz CT molecular complexity index is 1110. The number of para-hydroxylation sites is 1. The highest BCUT2D eigenvalue weighted by atomic mass is 16.2. The molecule has 0 fully saturated rings. The van der Waals surface area contributed by atoms with E-state index in [0.717, 1.165) is 27.7 Å². The van der Waals surface area contributed by atoms with Crippen molar-refractivity contribution in [3.8, 4) is 11.3 Å². The van der Waals surface area contributed by atoms with Crippen LogP contribution in [0.5, 0.6) is 0 Å². The van der Waals surface area contributed by atoms with E-state index < -0.39 is 0 Å². The molecular formula is C22H16N4O. The van der Waals surface area contributed by atoms with Crippen LogP contribution in [0, 0.1) is 0 Å². The van der Waals surface area contributed by atoms with Gasteiger partial charge in [-0.05, 0) is 29.8 Å². The molecule has 0 saturated heterocycles. The summed E-state index contributed by atoms with van der Waals surface area (Å²) in [7, 11) is 0. The van der Waals surface area contributed by atoms with E-state index in [1.807, 2.05) is 66.7 Å². The minimum absolute atomic E-state index is 0.281. The first-order valence-corrected chi connectivity index (χ1v) is 8.50. The summed E-state index contributed by atoms with van der Waals surface area (Å²) in [4.78, 5) is 21.4. The van der Waals surface area contributed by atoms with Crippen LogP contribution in [-0.2, 0) is 0 Å². The lowest BCUT2D eigenvalue weighted by Crippen LogP contribution is -2.18. The van der Waals surface area contributed by atoms with Crippen LogP contribution in [-0.4, -0.2) is 22.1 Å². The second-order valence-corrected chi connectivity index (χ2v) is 5.92. The number of pyridine rings is 2. The van der Waals surface area contributed by atoms with Crippen LogP contribution >= 0.6 is 0 Å². The van der Waals surface area contributed by atoms with Crippen molar-refractivity contribution >= 4 is 23.0 Å². The number of benzene rings is 2. The number of hydrogen-bond acceptors (Lipinski definition) is 4. The van der Waals surface area contributed by atoms with Gasteiger partial charge in [0.05, 0.1) is 23.0 Å². The summed E-state index contributed by atoms with van der Waals surface area (Å²) in [5.74, 6) is -0.281. The molecule has 2 heterocycles. The van der Waals surface area contributed by atoms with Gasteiger partial charge in [-0.3, -0.25) is 9.78 Å². The number of aromatic nitrogens is 2. The molecule has 0 atom stereocenters. The fourth-order valence-electron chi connectivity index (χ4n) is 2.80. The largest absolute Gasteiger partial charge is 0.272 e. The van der Waals surface area contributed by atoms with Gasteiger partial charge in [-0.25, -0.2) is 10.4 Å². The normalized spacial score (nSPS) is 11.0. The van der Waals surface area contributed by atoms with E-state index in [0.29, 0.717) is 5.56 Å². The number of hydrogen-bond donors (Lipinski definition) is 1. The first-order chi connectivity index (χ1) is 13.3. The predicted octanol–water partition coefficient (Wildman–Crippen LogP) is 4.06. The van der Waals surface area contributed by atoms with E-state index in [4.69, 9.17) is 4.98 Å². The topological polar surface area (TPSA) is 67.2 Å². The van der Waals surface area contributed by atoms with Crippen molar-refractivity contribution < 1.29 is 4.79 Å². The van der Waals surface area contributed by atoms with E-state index in [2.05, 4.69) is 15.5 Å². The summed E-state index contributed by atoms with van der Waals surface area (Å²) in [6, 6.07) is 22.8. The summed E-state index contributed by atoms with van der Waals surface area (Å²) in [6.45, 7) is 0. The maximum absolute atomic E-state index is 12.8. The number of amides is 1. The Labute approximate surface area is 156 Å². The van der Waals surface area contributed by atoms with Crippen molar-refractivity contribution in [3.63, 3.8) is 0 Å². The molecule has 4 rings (SSSR count). The lowest BCUT2D eigenvalue weighted by molar-refractivity contribution is 0.0957. The third kappa shape index (κ3) is 3.72. The van der Waals surface area contributed by atoms with Crippen molar-refractivity contribution in [1.29, 1.82) is 0 Å². The molecule has 4 aromatic rings. The Morgan fingerprint density at radius 1 is 0.926 bits per heavy atom. The Morgan fingerprint density at radius 3 is 2.48 bits per heavy atom. The summed E-state index contributed by atoms with van der Waals surface area (Å²) in [6.07, 6.45) is 4.93. The number of carbonyl (C=O) groups excluding carboxylic acids is 1. The molecule has 0 aliphatic rings. The number of carbonyl (C=O) groups is 1. The highest BCUT2D eigenvalue weighted by Crippen LogP contribution is 2.24. The SMILES string of the molecule is O=C(N/N=C/c1ccncc1)c1cc(-c2ccccc2)nc2ccccc12. The molecule has 0 bridgehead atoms. The first-order valence-electron chi connectivity index (χ1n) is 8.50. The van der Waals surface area contributed by atoms with Gasteiger partial charge < -0.3 is 0 Å². The van der Waals surface area contributed by atoms with Crippen LogP contribution in [0.15, 0.2) is 90.3 Å². The fraction of sp³-hybridized carbons (Fsp3) is 0. The molecule has 5 heteroatoms. The number of nitrogens with zero attached hydrogens (tertiary/aromatic N) is 3. The Hall–Kier alpha value is -3.86. The Morgan fingerprint density at radius 2 is 1.67 bits per heavy atom. The maximum atomic E-state index is 12.8. The minimum Gasteiger partial charge on any atom is -0.267 e. The Balaban J connectivity index is 1.69. The molecule has 0 unspecified atom stereocenters. The van der Waals surface area contributed by atoms with Gasteiger partial charge in [0.25, 0.3) is 5.91 Å². The van der Waals surface area contributed by atoms with Crippen molar-refractivity contribution in [2.24, 2.45) is 5.10 Å². The van der Waals surface area contributed by atoms with Gasteiger partial charge in [0.1, 0.15) is 0 Å². The molecule has 130 valence electrons. The standard InChI is InChI=1S/C22H16N4O/c27-22(26-24-15-16-10-12-23-13-11-16)19-14-21(17-6-2-1-3-7-17)25-20-9-5-4-8-18(19)20/h1-15H,(H,26,27)/b24-15+. The zero-order valence-electron chi connectivity index (χ0n) is 14.4. The fourth-order valence-corrected chi connectivity index (χ4v) is 2.80. The molecule has 0 saturated carbocycles. The minimum atomic E-state index is -0.281. The molecule has 1 N–H and O–H groups in total. The van der Waals surface area contributed by atoms with Crippen LogP contribution in [0.25, 0.3) is 22.2 Å². The maximum Gasteiger partial charge on any atom is 0.272 e. The van der Waals surface area contributed by atoms with Gasteiger partial charge in [-0.2, -0.15) is 5.10 Å². The molecule has 5 nitrogen and oxygen atoms in total. The zero-order valence-corrected chi connectivity index (χ0v) is 14.4. The van der Waals surface area contributed by atoms with Crippen molar-refractivity contribution in [2.75, 3.05) is 0 Å². The molecule has 0 aliphatic heterocycles. The summed E-state index contributed by atoms with van der Waals surface area (Å²) < 4.78 is 0. The quantitative estimate of drug-likeness (QED) is 0.445. The third-order valence-corrected chi connectivity index (χ3v) is 4.12. The average Bonchev–Trinajstić information content (AvgIpc) is 2.74. The van der Waals surface area contributed by atoms with Gasteiger partial charge in [0.15, 0.2) is 0 Å². The van der Waals surface area contributed by atoms with Crippen LogP contribution < -0.4 is 5.43 Å². The van der Waals surface area contributed by atoms with Gasteiger partial charge in [-0.1, -0.05) is 48.5 Å². The predicted molar refractivity (Wildman–Crippen MR) is 106 cm³/mol. The van der Waals surface area contributed by atoms with Gasteiger partial charge in [0.2, 0.25) is 0 Å². The van der Waals surface area contributed by atoms with Gasteiger partial charge >= 0.3 is 0 Å². The van der Waals surface area contributed by atoms with Crippen molar-refractivity contribution in [2.45, 2.75) is 0 Å². The highest BCUT2D eigenvalue weighted by Gasteiger charge is 2.13. The lowest BCUT2D eigenvalue weighted by Gasteiger charge is -2.09. The molecule has 0 radical (unpaired) electrons. The van der Waals surface area contributed by atoms with Crippen molar-refractivity contribution in [3.05, 3.63) is 96.3 Å². The van der Waals surface area contributed by atoms with E-state index in [1.165, 1.54) is 0 Å². The monoisotopic (exact) mass is 352 g/mol. The molecule has 0 aliphatic carbocycles. The number of rotatable bonds is 4. The van der Waals surface area contributed by atoms with Gasteiger partial charge in [0, 0.05) is 23.3 Å². The second-order valence-electron chi connectivity index (χ2n) is 5.92. The number of fused-ring (bicyclic) bond motifs is 1.